The van der Waals surface area contributed by atoms with Crippen molar-refractivity contribution in [2.75, 3.05) is 26.8 Å². The summed E-state index contributed by atoms with van der Waals surface area (Å²) in [6.07, 6.45) is -0.854. The van der Waals surface area contributed by atoms with Crippen molar-refractivity contribution in [3.63, 3.8) is 0 Å². The molecule has 0 aliphatic carbocycles. The Morgan fingerprint density at radius 1 is 1.04 bits per heavy atom. The highest BCUT2D eigenvalue weighted by molar-refractivity contribution is 5.65. The molecule has 5 nitrogen and oxygen atoms in total. The summed E-state index contributed by atoms with van der Waals surface area (Å²) in [6.45, 7) is 3.17. The molecule has 2 atom stereocenters. The first-order valence-electron chi connectivity index (χ1n) is 8.96. The van der Waals surface area contributed by atoms with Crippen molar-refractivity contribution in [2.24, 2.45) is 5.92 Å². The number of hydrogen-bond acceptors (Lipinski definition) is 3. The van der Waals surface area contributed by atoms with Gasteiger partial charge in [0.25, 0.3) is 0 Å². The summed E-state index contributed by atoms with van der Waals surface area (Å²) >= 11 is 0. The van der Waals surface area contributed by atoms with Gasteiger partial charge in [0, 0.05) is 45.2 Å². The maximum Gasteiger partial charge on any atom is 0.407 e. The molecule has 0 aromatic heterocycles. The molecule has 3 rings (SSSR count). The van der Waals surface area contributed by atoms with Crippen LogP contribution in [0.2, 0.25) is 0 Å². The van der Waals surface area contributed by atoms with Crippen LogP contribution in [0.3, 0.4) is 0 Å². The van der Waals surface area contributed by atoms with Gasteiger partial charge in [0.2, 0.25) is 0 Å². The Morgan fingerprint density at radius 2 is 1.58 bits per heavy atom. The average molecular weight is 354 g/mol. The molecular weight excluding hydrogens is 328 g/mol. The smallest absolute Gasteiger partial charge is 0.407 e. The van der Waals surface area contributed by atoms with Crippen LogP contribution >= 0.6 is 0 Å². The first kappa shape index (κ1) is 18.4. The van der Waals surface area contributed by atoms with Gasteiger partial charge in [-0.2, -0.15) is 0 Å². The first-order chi connectivity index (χ1) is 12.7. The monoisotopic (exact) mass is 354 g/mol. The van der Waals surface area contributed by atoms with E-state index >= 15 is 0 Å². The van der Waals surface area contributed by atoms with E-state index in [0.717, 1.165) is 13.1 Å². The molecule has 1 aliphatic rings. The van der Waals surface area contributed by atoms with Gasteiger partial charge in [-0.15, -0.1) is 0 Å². The molecule has 1 N–H and O–H groups in total. The largest absolute Gasteiger partial charge is 0.465 e. The van der Waals surface area contributed by atoms with Crippen LogP contribution in [0.15, 0.2) is 60.7 Å². The Labute approximate surface area is 154 Å². The van der Waals surface area contributed by atoms with Crippen LogP contribution in [-0.2, 0) is 17.8 Å². The molecule has 1 fully saturated rings. The zero-order valence-corrected chi connectivity index (χ0v) is 15.1. The molecule has 0 saturated carbocycles. The number of hydrogen-bond donors (Lipinski definition) is 1. The molecule has 0 bridgehead atoms. The van der Waals surface area contributed by atoms with E-state index < -0.39 is 6.09 Å². The lowest BCUT2D eigenvalue weighted by molar-refractivity contribution is 0.0905. The minimum Gasteiger partial charge on any atom is -0.465 e. The van der Waals surface area contributed by atoms with Crippen LogP contribution < -0.4 is 0 Å². The number of carboxylic acid groups (broad SMARTS) is 1. The lowest BCUT2D eigenvalue weighted by Crippen LogP contribution is -2.41. The van der Waals surface area contributed by atoms with E-state index in [1.807, 2.05) is 36.4 Å². The number of rotatable bonds is 7. The first-order valence-corrected chi connectivity index (χ1v) is 8.96. The highest BCUT2D eigenvalue weighted by Crippen LogP contribution is 2.26. The molecule has 138 valence electrons. The van der Waals surface area contributed by atoms with Gasteiger partial charge in [-0.3, -0.25) is 4.90 Å². The zero-order chi connectivity index (χ0) is 18.4. The summed E-state index contributed by atoms with van der Waals surface area (Å²) in [5.74, 6) is 0.170. The second-order valence-corrected chi connectivity index (χ2v) is 6.85. The topological polar surface area (TPSA) is 53.0 Å². The molecular formula is C21H26N2O3. The van der Waals surface area contributed by atoms with Crippen LogP contribution in [-0.4, -0.2) is 53.8 Å². The van der Waals surface area contributed by atoms with Gasteiger partial charge in [0.1, 0.15) is 0 Å². The second-order valence-electron chi connectivity index (χ2n) is 6.85. The van der Waals surface area contributed by atoms with Crippen LogP contribution in [0.25, 0.3) is 0 Å². The molecule has 26 heavy (non-hydrogen) atoms. The van der Waals surface area contributed by atoms with E-state index in [1.165, 1.54) is 16.0 Å². The van der Waals surface area contributed by atoms with E-state index in [4.69, 9.17) is 4.74 Å². The van der Waals surface area contributed by atoms with E-state index in [0.29, 0.717) is 19.7 Å². The number of likely N-dealkylation sites (tertiary alicyclic amines) is 1. The number of methoxy groups -OCH3 is 1. The van der Waals surface area contributed by atoms with Gasteiger partial charge >= 0.3 is 6.09 Å². The summed E-state index contributed by atoms with van der Waals surface area (Å²) in [5.41, 5.74) is 2.46. The molecule has 1 heterocycles. The molecule has 5 heteroatoms. The Kier molecular flexibility index (Phi) is 6.26. The Hall–Kier alpha value is -2.37. The fourth-order valence-corrected chi connectivity index (χ4v) is 3.73. The van der Waals surface area contributed by atoms with E-state index in [2.05, 4.69) is 29.2 Å². The van der Waals surface area contributed by atoms with Gasteiger partial charge in [-0.1, -0.05) is 60.7 Å². The normalized spacial score (nSPS) is 19.8. The standard InChI is InChI=1S/C21H26N2O3/c1-26-16-19-14-23(21(24)25)15-20(19)22(12-17-8-4-2-5-9-17)13-18-10-6-3-7-11-18/h2-11,19-20H,12-16H2,1H3,(H,24,25)/t19-,20+/m0/s1. The van der Waals surface area contributed by atoms with Crippen molar-refractivity contribution < 1.29 is 14.6 Å². The fourth-order valence-electron chi connectivity index (χ4n) is 3.73. The lowest BCUT2D eigenvalue weighted by Gasteiger charge is -2.32. The van der Waals surface area contributed by atoms with Crippen molar-refractivity contribution >= 4 is 6.09 Å². The molecule has 0 radical (unpaired) electrons. The van der Waals surface area contributed by atoms with Gasteiger partial charge in [-0.25, -0.2) is 4.79 Å². The molecule has 0 spiro atoms. The third-order valence-electron chi connectivity index (χ3n) is 4.98. The molecule has 2 aromatic carbocycles. The molecule has 1 amide bonds. The minimum absolute atomic E-state index is 0.131. The maximum absolute atomic E-state index is 11.5. The number of amides is 1. The van der Waals surface area contributed by atoms with Gasteiger partial charge in [0.15, 0.2) is 0 Å². The summed E-state index contributed by atoms with van der Waals surface area (Å²) in [7, 11) is 1.68. The molecule has 0 unspecified atom stereocenters. The van der Waals surface area contributed by atoms with Gasteiger partial charge < -0.3 is 14.7 Å². The fraction of sp³-hybridized carbons (Fsp3) is 0.381. The maximum atomic E-state index is 11.5. The summed E-state index contributed by atoms with van der Waals surface area (Å²) in [4.78, 5) is 15.4. The van der Waals surface area contributed by atoms with Crippen molar-refractivity contribution in [3.8, 4) is 0 Å². The molecule has 1 saturated heterocycles. The van der Waals surface area contributed by atoms with Crippen LogP contribution in [0.5, 0.6) is 0 Å². The Morgan fingerprint density at radius 3 is 2.04 bits per heavy atom. The summed E-state index contributed by atoms with van der Waals surface area (Å²) in [5, 5.41) is 9.44. The second kappa shape index (κ2) is 8.83. The van der Waals surface area contributed by atoms with E-state index in [9.17, 15) is 9.90 Å². The Balaban J connectivity index is 1.83. The van der Waals surface area contributed by atoms with Crippen LogP contribution in [0.4, 0.5) is 4.79 Å². The van der Waals surface area contributed by atoms with Gasteiger partial charge in [0.05, 0.1) is 6.61 Å². The Bertz CT molecular complexity index is 651. The third kappa shape index (κ3) is 4.62. The van der Waals surface area contributed by atoms with E-state index in [1.54, 1.807) is 7.11 Å². The number of benzene rings is 2. The predicted octanol–water partition coefficient (Wildman–Crippen LogP) is 3.31. The average Bonchev–Trinajstić information content (AvgIpc) is 3.08. The summed E-state index contributed by atoms with van der Waals surface area (Å²) < 4.78 is 5.39. The zero-order valence-electron chi connectivity index (χ0n) is 15.1. The number of nitrogens with zero attached hydrogens (tertiary/aromatic N) is 2. The lowest BCUT2D eigenvalue weighted by atomic mass is 10.0. The third-order valence-corrected chi connectivity index (χ3v) is 4.98. The molecule has 2 aromatic rings. The number of carbonyl (C=O) groups is 1. The number of ether oxygens (including phenoxy) is 1. The van der Waals surface area contributed by atoms with Crippen molar-refractivity contribution in [1.29, 1.82) is 0 Å². The minimum atomic E-state index is -0.854. The quantitative estimate of drug-likeness (QED) is 0.829. The van der Waals surface area contributed by atoms with Crippen LogP contribution in [0.1, 0.15) is 11.1 Å². The predicted molar refractivity (Wildman–Crippen MR) is 101 cm³/mol. The van der Waals surface area contributed by atoms with E-state index in [-0.39, 0.29) is 12.0 Å². The highest BCUT2D eigenvalue weighted by atomic mass is 16.5. The van der Waals surface area contributed by atoms with Crippen molar-refractivity contribution in [2.45, 2.75) is 19.1 Å². The summed E-state index contributed by atoms with van der Waals surface area (Å²) in [6, 6.07) is 20.8. The highest BCUT2D eigenvalue weighted by Gasteiger charge is 2.38. The SMILES string of the molecule is COC[C@@H]1CN(C(=O)O)C[C@H]1N(Cc1ccccc1)Cc1ccccc1. The van der Waals surface area contributed by atoms with Crippen molar-refractivity contribution in [1.82, 2.24) is 9.80 Å². The van der Waals surface area contributed by atoms with Crippen LogP contribution in [0, 0.1) is 5.92 Å². The van der Waals surface area contributed by atoms with Crippen molar-refractivity contribution in [3.05, 3.63) is 71.8 Å². The molecule has 1 aliphatic heterocycles. The van der Waals surface area contributed by atoms with Gasteiger partial charge in [-0.05, 0) is 11.1 Å².